The van der Waals surface area contributed by atoms with Gasteiger partial charge in [0.15, 0.2) is 0 Å². The molecular weight excluding hydrogens is 286 g/mol. The average Bonchev–Trinajstić information content (AvgIpc) is 2.74. The number of rotatable bonds is 7. The zero-order valence-corrected chi connectivity index (χ0v) is 13.4. The summed E-state index contributed by atoms with van der Waals surface area (Å²) >= 11 is 6.03. The Morgan fingerprint density at radius 2 is 2.05 bits per heavy atom. The standard InChI is InChI=1S/C17H22ClNO2/c1-3-21-17(20)7-5-4-6-10-19-13(2)11-14-12-15(18)8-9-16(14)19/h8-9,11-12H,3-7,10H2,1-2H3. The highest BCUT2D eigenvalue weighted by atomic mass is 35.5. The van der Waals surface area contributed by atoms with Crippen molar-refractivity contribution in [3.8, 4) is 0 Å². The van der Waals surface area contributed by atoms with E-state index in [1.165, 1.54) is 16.6 Å². The van der Waals surface area contributed by atoms with E-state index in [4.69, 9.17) is 16.3 Å². The van der Waals surface area contributed by atoms with Crippen LogP contribution in [0.5, 0.6) is 0 Å². The maximum Gasteiger partial charge on any atom is 0.305 e. The van der Waals surface area contributed by atoms with Crippen molar-refractivity contribution in [3.63, 3.8) is 0 Å². The zero-order valence-electron chi connectivity index (χ0n) is 12.7. The fourth-order valence-electron chi connectivity index (χ4n) is 2.63. The van der Waals surface area contributed by atoms with Gasteiger partial charge in [-0.15, -0.1) is 0 Å². The first-order chi connectivity index (χ1) is 10.1. The van der Waals surface area contributed by atoms with Gasteiger partial charge >= 0.3 is 5.97 Å². The van der Waals surface area contributed by atoms with Crippen molar-refractivity contribution < 1.29 is 9.53 Å². The molecule has 0 atom stereocenters. The molecule has 4 heteroatoms. The Morgan fingerprint density at radius 3 is 2.81 bits per heavy atom. The predicted octanol–water partition coefficient (Wildman–Crippen LogP) is 4.73. The van der Waals surface area contributed by atoms with E-state index < -0.39 is 0 Å². The number of fused-ring (bicyclic) bond motifs is 1. The van der Waals surface area contributed by atoms with E-state index in [2.05, 4.69) is 23.6 Å². The van der Waals surface area contributed by atoms with E-state index in [1.807, 2.05) is 19.1 Å². The normalized spacial score (nSPS) is 11.0. The summed E-state index contributed by atoms with van der Waals surface area (Å²) in [6.07, 6.45) is 3.51. The molecule has 114 valence electrons. The molecule has 0 unspecified atom stereocenters. The largest absolute Gasteiger partial charge is 0.466 e. The van der Waals surface area contributed by atoms with Gasteiger partial charge in [-0.25, -0.2) is 0 Å². The van der Waals surface area contributed by atoms with Gasteiger partial charge in [-0.2, -0.15) is 0 Å². The van der Waals surface area contributed by atoms with Crippen LogP contribution in [0.15, 0.2) is 24.3 Å². The Labute approximate surface area is 130 Å². The van der Waals surface area contributed by atoms with Gasteiger partial charge in [-0.05, 0) is 51.0 Å². The summed E-state index contributed by atoms with van der Waals surface area (Å²) < 4.78 is 7.24. The molecule has 0 bridgehead atoms. The van der Waals surface area contributed by atoms with Gasteiger partial charge in [0.25, 0.3) is 0 Å². The lowest BCUT2D eigenvalue weighted by Crippen LogP contribution is -2.04. The molecule has 0 radical (unpaired) electrons. The topological polar surface area (TPSA) is 31.2 Å². The van der Waals surface area contributed by atoms with Crippen molar-refractivity contribution in [2.45, 2.75) is 46.1 Å². The fraction of sp³-hybridized carbons (Fsp3) is 0.471. The first-order valence-electron chi connectivity index (χ1n) is 7.53. The molecular formula is C17H22ClNO2. The maximum atomic E-state index is 11.3. The lowest BCUT2D eigenvalue weighted by atomic mass is 10.2. The highest BCUT2D eigenvalue weighted by Gasteiger charge is 2.06. The van der Waals surface area contributed by atoms with Crippen molar-refractivity contribution in [3.05, 3.63) is 35.0 Å². The second-order valence-electron chi connectivity index (χ2n) is 5.26. The third-order valence-corrected chi connectivity index (χ3v) is 3.87. The van der Waals surface area contributed by atoms with Gasteiger partial charge < -0.3 is 9.30 Å². The van der Waals surface area contributed by atoms with Gasteiger partial charge in [-0.1, -0.05) is 18.0 Å². The van der Waals surface area contributed by atoms with Crippen molar-refractivity contribution >= 4 is 28.5 Å². The summed E-state index contributed by atoms with van der Waals surface area (Å²) in [7, 11) is 0. The molecule has 0 amide bonds. The number of halogens is 1. The van der Waals surface area contributed by atoms with E-state index in [-0.39, 0.29) is 5.97 Å². The number of hydrogen-bond acceptors (Lipinski definition) is 2. The van der Waals surface area contributed by atoms with Crippen LogP contribution in [0.2, 0.25) is 5.02 Å². The van der Waals surface area contributed by atoms with Crippen LogP contribution in [-0.4, -0.2) is 17.1 Å². The number of nitrogens with zero attached hydrogens (tertiary/aromatic N) is 1. The van der Waals surface area contributed by atoms with E-state index in [1.54, 1.807) is 0 Å². The van der Waals surface area contributed by atoms with E-state index in [0.717, 1.165) is 30.8 Å². The summed E-state index contributed by atoms with van der Waals surface area (Å²) in [4.78, 5) is 11.3. The molecule has 0 N–H and O–H groups in total. The van der Waals surface area contributed by atoms with Gasteiger partial charge in [0.2, 0.25) is 0 Å². The fourth-order valence-corrected chi connectivity index (χ4v) is 2.81. The molecule has 1 aromatic heterocycles. The van der Waals surface area contributed by atoms with Crippen LogP contribution in [-0.2, 0) is 16.1 Å². The van der Waals surface area contributed by atoms with E-state index >= 15 is 0 Å². The van der Waals surface area contributed by atoms with Crippen LogP contribution in [0.1, 0.15) is 38.3 Å². The van der Waals surface area contributed by atoms with Crippen LogP contribution >= 0.6 is 11.6 Å². The van der Waals surface area contributed by atoms with Crippen molar-refractivity contribution in [2.24, 2.45) is 0 Å². The second-order valence-corrected chi connectivity index (χ2v) is 5.69. The Bertz CT molecular complexity index is 619. The smallest absolute Gasteiger partial charge is 0.305 e. The Balaban J connectivity index is 1.86. The van der Waals surface area contributed by atoms with Crippen molar-refractivity contribution in [2.75, 3.05) is 6.61 Å². The molecule has 0 saturated heterocycles. The van der Waals surface area contributed by atoms with Gasteiger partial charge in [0, 0.05) is 34.6 Å². The minimum Gasteiger partial charge on any atom is -0.466 e. The summed E-state index contributed by atoms with van der Waals surface area (Å²) in [5.41, 5.74) is 2.47. The highest BCUT2D eigenvalue weighted by Crippen LogP contribution is 2.23. The number of carbonyl (C=O) groups excluding carboxylic acids is 1. The van der Waals surface area contributed by atoms with Gasteiger partial charge in [-0.3, -0.25) is 4.79 Å². The molecule has 0 aliphatic carbocycles. The first kappa shape index (κ1) is 15.9. The summed E-state index contributed by atoms with van der Waals surface area (Å²) in [6, 6.07) is 8.17. The molecule has 2 rings (SSSR count). The molecule has 1 heterocycles. The number of aromatic nitrogens is 1. The van der Waals surface area contributed by atoms with E-state index in [9.17, 15) is 4.79 Å². The molecule has 1 aromatic carbocycles. The SMILES string of the molecule is CCOC(=O)CCCCCn1c(C)cc2cc(Cl)ccc21. The van der Waals surface area contributed by atoms with Crippen molar-refractivity contribution in [1.82, 2.24) is 4.57 Å². The van der Waals surface area contributed by atoms with Crippen molar-refractivity contribution in [1.29, 1.82) is 0 Å². The molecule has 0 aliphatic heterocycles. The van der Waals surface area contributed by atoms with Gasteiger partial charge in [0.1, 0.15) is 0 Å². The monoisotopic (exact) mass is 307 g/mol. The minimum atomic E-state index is -0.0882. The average molecular weight is 308 g/mol. The van der Waals surface area contributed by atoms with Crippen LogP contribution in [0.4, 0.5) is 0 Å². The van der Waals surface area contributed by atoms with E-state index in [0.29, 0.717) is 13.0 Å². The summed E-state index contributed by atoms with van der Waals surface area (Å²) in [5.74, 6) is -0.0882. The van der Waals surface area contributed by atoms with Crippen LogP contribution in [0.25, 0.3) is 10.9 Å². The molecule has 0 aliphatic rings. The number of aryl methyl sites for hydroxylation is 2. The molecule has 0 saturated carbocycles. The first-order valence-corrected chi connectivity index (χ1v) is 7.90. The minimum absolute atomic E-state index is 0.0882. The number of ether oxygens (including phenoxy) is 1. The number of hydrogen-bond donors (Lipinski definition) is 0. The van der Waals surface area contributed by atoms with Crippen LogP contribution < -0.4 is 0 Å². The Hall–Kier alpha value is -1.48. The highest BCUT2D eigenvalue weighted by molar-refractivity contribution is 6.31. The third kappa shape index (κ3) is 4.24. The molecule has 2 aromatic rings. The predicted molar refractivity (Wildman–Crippen MR) is 86.8 cm³/mol. The molecule has 21 heavy (non-hydrogen) atoms. The Morgan fingerprint density at radius 1 is 1.24 bits per heavy atom. The number of benzene rings is 1. The number of carbonyl (C=O) groups is 1. The third-order valence-electron chi connectivity index (χ3n) is 3.64. The quantitative estimate of drug-likeness (QED) is 0.547. The summed E-state index contributed by atoms with van der Waals surface area (Å²) in [5, 5.41) is 1.96. The number of esters is 1. The lowest BCUT2D eigenvalue weighted by molar-refractivity contribution is -0.143. The molecule has 0 spiro atoms. The molecule has 0 fully saturated rings. The lowest BCUT2D eigenvalue weighted by Gasteiger charge is -2.08. The van der Waals surface area contributed by atoms with Crippen LogP contribution in [0, 0.1) is 6.92 Å². The number of unbranched alkanes of at least 4 members (excludes halogenated alkanes) is 2. The second kappa shape index (κ2) is 7.51. The zero-order chi connectivity index (χ0) is 15.2. The van der Waals surface area contributed by atoms with Crippen LogP contribution in [0.3, 0.4) is 0 Å². The molecule has 3 nitrogen and oxygen atoms in total. The summed E-state index contributed by atoms with van der Waals surface area (Å²) in [6.45, 7) is 5.40. The van der Waals surface area contributed by atoms with Gasteiger partial charge in [0.05, 0.1) is 6.61 Å². The maximum absolute atomic E-state index is 11.3. The Kier molecular flexibility index (Phi) is 5.68.